The van der Waals surface area contributed by atoms with Crippen molar-refractivity contribution in [2.24, 2.45) is 0 Å². The summed E-state index contributed by atoms with van der Waals surface area (Å²) in [6.45, 7) is 8.82. The Morgan fingerprint density at radius 1 is 1.11 bits per heavy atom. The van der Waals surface area contributed by atoms with E-state index < -0.39 is 30.1 Å². The highest BCUT2D eigenvalue weighted by Crippen LogP contribution is 2.36. The van der Waals surface area contributed by atoms with Crippen molar-refractivity contribution in [3.05, 3.63) is 23.5 Å². The molecule has 0 N–H and O–H groups in total. The molecule has 0 saturated carbocycles. The third-order valence-electron chi connectivity index (χ3n) is 3.58. The molecule has 2 rings (SSSR count). The van der Waals surface area contributed by atoms with Crippen LogP contribution in [0.25, 0.3) is 0 Å². The van der Waals surface area contributed by atoms with E-state index in [1.807, 2.05) is 27.7 Å². The van der Waals surface area contributed by atoms with Crippen molar-refractivity contribution in [3.63, 3.8) is 0 Å². The molecule has 0 amide bonds. The minimum absolute atomic E-state index is 0.265. The smallest absolute Gasteiger partial charge is 0.399 e. The van der Waals surface area contributed by atoms with Gasteiger partial charge in [0.15, 0.2) is 0 Å². The third kappa shape index (κ3) is 2.03. The van der Waals surface area contributed by atoms with Gasteiger partial charge in [-0.05, 0) is 40.7 Å². The van der Waals surface area contributed by atoms with Crippen LogP contribution in [0.5, 0.6) is 0 Å². The Labute approximate surface area is 106 Å². The molecule has 1 aromatic rings. The quantitative estimate of drug-likeness (QED) is 0.568. The molecule has 2 heterocycles. The molecule has 1 saturated heterocycles. The van der Waals surface area contributed by atoms with E-state index in [0.717, 1.165) is 0 Å². The van der Waals surface area contributed by atoms with Gasteiger partial charge in [0.05, 0.1) is 16.7 Å². The van der Waals surface area contributed by atoms with Gasteiger partial charge in [0.1, 0.15) is 5.82 Å². The Kier molecular flexibility index (Phi) is 2.98. The zero-order chi connectivity index (χ0) is 13.7. The van der Waals surface area contributed by atoms with Crippen LogP contribution >= 0.6 is 0 Å². The predicted octanol–water partition coefficient (Wildman–Crippen LogP) is 1.97. The molecular weight excluding hydrogens is 239 g/mol. The predicted molar refractivity (Wildman–Crippen MR) is 64.6 cm³/mol. The minimum atomic E-state index is -1.07. The van der Waals surface area contributed by atoms with Crippen molar-refractivity contribution in [3.8, 4) is 0 Å². The summed E-state index contributed by atoms with van der Waals surface area (Å²) >= 11 is 0. The van der Waals surface area contributed by atoms with Crippen molar-refractivity contribution in [2.75, 3.05) is 0 Å². The van der Waals surface area contributed by atoms with Gasteiger partial charge in [-0.15, -0.1) is 0 Å². The molecule has 3 nitrogen and oxygen atoms in total. The topological polar surface area (TPSA) is 31.4 Å². The number of pyridine rings is 1. The van der Waals surface area contributed by atoms with Crippen molar-refractivity contribution < 1.29 is 18.1 Å². The molecular formula is C12H16BF2NO2. The molecule has 18 heavy (non-hydrogen) atoms. The van der Waals surface area contributed by atoms with Crippen LogP contribution in [0.1, 0.15) is 33.4 Å². The second-order valence-electron chi connectivity index (χ2n) is 5.54. The van der Waals surface area contributed by atoms with Crippen molar-refractivity contribution >= 4 is 12.6 Å². The first-order valence-electron chi connectivity index (χ1n) is 5.82. The van der Waals surface area contributed by atoms with Crippen LogP contribution in [-0.2, 0) is 9.31 Å². The van der Waals surface area contributed by atoms with E-state index in [-0.39, 0.29) is 11.2 Å². The van der Waals surface area contributed by atoms with Crippen LogP contribution < -0.4 is 5.46 Å². The van der Waals surface area contributed by atoms with Crippen LogP contribution in [0.2, 0.25) is 0 Å². The largest absolute Gasteiger partial charge is 0.502 e. The molecule has 1 aromatic heterocycles. The number of rotatable bonds is 1. The van der Waals surface area contributed by atoms with E-state index in [9.17, 15) is 8.78 Å². The number of nitrogens with zero attached hydrogens (tertiary/aromatic N) is 1. The average Bonchev–Trinajstić information content (AvgIpc) is 2.32. The molecule has 0 unspecified atom stereocenters. The Balaban J connectivity index is 2.42. The first-order chi connectivity index (χ1) is 8.14. The number of aryl methyl sites for hydroxylation is 1. The fraction of sp³-hybridized carbons (Fsp3) is 0.583. The molecule has 1 aliphatic heterocycles. The monoisotopic (exact) mass is 255 g/mol. The molecule has 0 bridgehead atoms. The summed E-state index contributed by atoms with van der Waals surface area (Å²) in [6.07, 6.45) is 0. The molecule has 0 spiro atoms. The van der Waals surface area contributed by atoms with Crippen molar-refractivity contribution in [2.45, 2.75) is 45.8 Å². The average molecular weight is 255 g/mol. The van der Waals surface area contributed by atoms with Gasteiger partial charge < -0.3 is 9.31 Å². The maximum atomic E-state index is 13.8. The number of aromatic nitrogens is 1. The second kappa shape index (κ2) is 4.00. The number of hydrogen-bond donors (Lipinski definition) is 0. The van der Waals surface area contributed by atoms with E-state index in [1.54, 1.807) is 0 Å². The Morgan fingerprint density at radius 3 is 2.06 bits per heavy atom. The normalized spacial score (nSPS) is 21.4. The SMILES string of the molecule is Cc1cc(F)c(B2OC(C)(C)C(C)(C)O2)c(F)n1. The van der Waals surface area contributed by atoms with Gasteiger partial charge in [-0.25, -0.2) is 9.37 Å². The molecule has 6 heteroatoms. The van der Waals surface area contributed by atoms with E-state index >= 15 is 0 Å². The molecule has 0 aliphatic carbocycles. The minimum Gasteiger partial charge on any atom is -0.399 e. The molecule has 1 aliphatic rings. The van der Waals surface area contributed by atoms with Gasteiger partial charge in [-0.1, -0.05) is 0 Å². The summed E-state index contributed by atoms with van der Waals surface area (Å²) in [5, 5.41) is 0. The first-order valence-corrected chi connectivity index (χ1v) is 5.82. The first kappa shape index (κ1) is 13.4. The van der Waals surface area contributed by atoms with Crippen LogP contribution in [-0.4, -0.2) is 23.3 Å². The summed E-state index contributed by atoms with van der Waals surface area (Å²) in [4.78, 5) is 3.61. The third-order valence-corrected chi connectivity index (χ3v) is 3.58. The van der Waals surface area contributed by atoms with Crippen LogP contribution in [0.3, 0.4) is 0 Å². The van der Waals surface area contributed by atoms with Gasteiger partial charge in [-0.3, -0.25) is 0 Å². The van der Waals surface area contributed by atoms with Gasteiger partial charge in [0.25, 0.3) is 0 Å². The fourth-order valence-corrected chi connectivity index (χ4v) is 1.78. The lowest BCUT2D eigenvalue weighted by atomic mass is 9.79. The standard InChI is InChI=1S/C12H16BF2NO2/c1-7-6-8(14)9(10(15)16-7)13-17-11(2,3)12(4,5)18-13/h6H,1-5H3. The lowest BCUT2D eigenvalue weighted by Crippen LogP contribution is -2.41. The molecule has 1 fully saturated rings. The van der Waals surface area contributed by atoms with Crippen LogP contribution in [0, 0.1) is 18.7 Å². The molecule has 0 atom stereocenters. The van der Waals surface area contributed by atoms with Gasteiger partial charge in [-0.2, -0.15) is 4.39 Å². The fourth-order valence-electron chi connectivity index (χ4n) is 1.78. The Morgan fingerprint density at radius 2 is 1.61 bits per heavy atom. The van der Waals surface area contributed by atoms with E-state index in [2.05, 4.69) is 4.98 Å². The van der Waals surface area contributed by atoms with E-state index in [4.69, 9.17) is 9.31 Å². The van der Waals surface area contributed by atoms with Crippen molar-refractivity contribution in [1.82, 2.24) is 4.98 Å². The Bertz CT molecular complexity index is 452. The van der Waals surface area contributed by atoms with Crippen LogP contribution in [0.4, 0.5) is 8.78 Å². The zero-order valence-corrected chi connectivity index (χ0v) is 11.2. The molecule has 98 valence electrons. The summed E-state index contributed by atoms with van der Waals surface area (Å²) < 4.78 is 38.8. The lowest BCUT2D eigenvalue weighted by Gasteiger charge is -2.32. The van der Waals surface area contributed by atoms with Gasteiger partial charge in [0.2, 0.25) is 5.95 Å². The summed E-state index contributed by atoms with van der Waals surface area (Å²) in [7, 11) is -1.07. The van der Waals surface area contributed by atoms with E-state index in [1.165, 1.54) is 13.0 Å². The highest BCUT2D eigenvalue weighted by atomic mass is 19.1. The second-order valence-corrected chi connectivity index (χ2v) is 5.54. The van der Waals surface area contributed by atoms with Gasteiger partial charge >= 0.3 is 7.12 Å². The maximum absolute atomic E-state index is 13.8. The Hall–Kier alpha value is -1.01. The molecule has 0 aromatic carbocycles. The van der Waals surface area contributed by atoms with E-state index in [0.29, 0.717) is 0 Å². The van der Waals surface area contributed by atoms with Crippen molar-refractivity contribution in [1.29, 1.82) is 0 Å². The maximum Gasteiger partial charge on any atom is 0.502 e. The number of halogens is 2. The van der Waals surface area contributed by atoms with Gasteiger partial charge in [0, 0.05) is 5.69 Å². The summed E-state index contributed by atoms with van der Waals surface area (Å²) in [6, 6.07) is 1.17. The highest BCUT2D eigenvalue weighted by molar-refractivity contribution is 6.62. The molecule has 0 radical (unpaired) electrons. The summed E-state index contributed by atoms with van der Waals surface area (Å²) in [5.74, 6) is -1.58. The summed E-state index contributed by atoms with van der Waals surface area (Å²) in [5.41, 5.74) is -1.26. The lowest BCUT2D eigenvalue weighted by molar-refractivity contribution is 0.00578. The van der Waals surface area contributed by atoms with Crippen LogP contribution in [0.15, 0.2) is 6.07 Å². The zero-order valence-electron chi connectivity index (χ0n) is 11.2. The highest BCUT2D eigenvalue weighted by Gasteiger charge is 2.53. The number of hydrogen-bond acceptors (Lipinski definition) is 3.